The van der Waals surface area contributed by atoms with Gasteiger partial charge in [-0.1, -0.05) is 60.7 Å². The SMILES string of the molecule is O=C(c1cc([N+](=O)[O-])ccc1OCc1ccccc1)[C@@H]1O[C@H]1c1ccccc1. The van der Waals surface area contributed by atoms with Gasteiger partial charge >= 0.3 is 0 Å². The zero-order valence-electron chi connectivity index (χ0n) is 14.9. The molecule has 1 fully saturated rings. The molecule has 0 spiro atoms. The molecule has 3 aromatic rings. The van der Waals surface area contributed by atoms with Crippen LogP contribution < -0.4 is 4.74 Å². The fourth-order valence-corrected chi connectivity index (χ4v) is 3.05. The van der Waals surface area contributed by atoms with Gasteiger partial charge in [-0.15, -0.1) is 0 Å². The summed E-state index contributed by atoms with van der Waals surface area (Å²) in [5.41, 5.74) is 1.84. The van der Waals surface area contributed by atoms with Gasteiger partial charge in [-0.2, -0.15) is 0 Å². The van der Waals surface area contributed by atoms with Crippen molar-refractivity contribution in [1.82, 2.24) is 0 Å². The van der Waals surface area contributed by atoms with Crippen molar-refractivity contribution in [2.75, 3.05) is 0 Å². The second-order valence-corrected chi connectivity index (χ2v) is 6.46. The standard InChI is InChI=1S/C22H17NO5/c24-20(22-21(28-22)16-9-5-2-6-10-16)18-13-17(23(25)26)11-12-19(18)27-14-15-7-3-1-4-8-15/h1-13,21-22H,14H2/t21-,22-/m0/s1. The molecule has 2 atom stereocenters. The number of epoxide rings is 1. The molecule has 4 rings (SSSR count). The van der Waals surface area contributed by atoms with Gasteiger partial charge in [-0.3, -0.25) is 14.9 Å². The molecule has 0 aliphatic carbocycles. The molecule has 0 saturated carbocycles. The molecular weight excluding hydrogens is 358 g/mol. The molecular formula is C22H17NO5. The molecule has 0 radical (unpaired) electrons. The van der Waals surface area contributed by atoms with E-state index >= 15 is 0 Å². The first-order valence-corrected chi connectivity index (χ1v) is 8.83. The lowest BCUT2D eigenvalue weighted by atomic mass is 10.0. The summed E-state index contributed by atoms with van der Waals surface area (Å²) in [6, 6.07) is 23.0. The van der Waals surface area contributed by atoms with Gasteiger partial charge in [0.25, 0.3) is 5.69 Å². The summed E-state index contributed by atoms with van der Waals surface area (Å²) in [5, 5.41) is 11.2. The molecule has 0 aromatic heterocycles. The van der Waals surface area contributed by atoms with E-state index in [2.05, 4.69) is 0 Å². The van der Waals surface area contributed by atoms with Gasteiger partial charge < -0.3 is 9.47 Å². The minimum Gasteiger partial charge on any atom is -0.488 e. The predicted molar refractivity (Wildman–Crippen MR) is 102 cm³/mol. The van der Waals surface area contributed by atoms with E-state index in [0.29, 0.717) is 5.75 Å². The van der Waals surface area contributed by atoms with Gasteiger partial charge in [0, 0.05) is 12.1 Å². The molecule has 28 heavy (non-hydrogen) atoms. The second kappa shape index (κ2) is 7.62. The molecule has 0 amide bonds. The van der Waals surface area contributed by atoms with Crippen molar-refractivity contribution < 1.29 is 19.2 Å². The van der Waals surface area contributed by atoms with Crippen LogP contribution in [0.4, 0.5) is 5.69 Å². The Morgan fingerprint density at radius 1 is 1.00 bits per heavy atom. The first kappa shape index (κ1) is 17.9. The van der Waals surface area contributed by atoms with Gasteiger partial charge in [0.1, 0.15) is 18.5 Å². The molecule has 1 saturated heterocycles. The first-order valence-electron chi connectivity index (χ1n) is 8.83. The highest BCUT2D eigenvalue weighted by Crippen LogP contribution is 2.42. The number of nitrogens with zero attached hydrogens (tertiary/aromatic N) is 1. The van der Waals surface area contributed by atoms with Crippen molar-refractivity contribution in [3.8, 4) is 5.75 Å². The van der Waals surface area contributed by atoms with Crippen LogP contribution in [0.2, 0.25) is 0 Å². The number of benzene rings is 3. The van der Waals surface area contributed by atoms with E-state index in [1.54, 1.807) is 0 Å². The highest BCUT2D eigenvalue weighted by atomic mass is 16.6. The third kappa shape index (κ3) is 3.77. The number of non-ortho nitro benzene ring substituents is 1. The van der Waals surface area contributed by atoms with Gasteiger partial charge in [0.15, 0.2) is 11.9 Å². The van der Waals surface area contributed by atoms with Crippen LogP contribution in [0.1, 0.15) is 27.6 Å². The quantitative estimate of drug-likeness (QED) is 0.263. The van der Waals surface area contributed by atoms with E-state index in [0.717, 1.165) is 11.1 Å². The molecule has 0 bridgehead atoms. The van der Waals surface area contributed by atoms with Gasteiger partial charge in [0.2, 0.25) is 0 Å². The molecule has 6 nitrogen and oxygen atoms in total. The summed E-state index contributed by atoms with van der Waals surface area (Å²) in [5.74, 6) is -0.0117. The van der Waals surface area contributed by atoms with E-state index in [9.17, 15) is 14.9 Å². The minimum atomic E-state index is -0.663. The first-order chi connectivity index (χ1) is 13.6. The van der Waals surface area contributed by atoms with Crippen molar-refractivity contribution in [3.05, 3.63) is 106 Å². The van der Waals surface area contributed by atoms with Gasteiger partial charge in [-0.05, 0) is 17.2 Å². The zero-order valence-corrected chi connectivity index (χ0v) is 14.9. The highest BCUT2D eigenvalue weighted by Gasteiger charge is 2.47. The maximum Gasteiger partial charge on any atom is 0.270 e. The molecule has 0 unspecified atom stereocenters. The normalized spacial score (nSPS) is 17.7. The number of rotatable bonds is 7. The maximum atomic E-state index is 13.0. The third-order valence-corrected chi connectivity index (χ3v) is 4.55. The lowest BCUT2D eigenvalue weighted by molar-refractivity contribution is -0.384. The third-order valence-electron chi connectivity index (χ3n) is 4.55. The summed E-state index contributed by atoms with van der Waals surface area (Å²) in [6.45, 7) is 0.257. The number of carbonyl (C=O) groups excluding carboxylic acids is 1. The Kier molecular flexibility index (Phi) is 4.87. The van der Waals surface area contributed by atoms with Crippen LogP contribution in [-0.4, -0.2) is 16.8 Å². The Bertz CT molecular complexity index is 1000. The number of hydrogen-bond donors (Lipinski definition) is 0. The maximum absolute atomic E-state index is 13.0. The van der Waals surface area contributed by atoms with Crippen molar-refractivity contribution in [2.45, 2.75) is 18.8 Å². The fourth-order valence-electron chi connectivity index (χ4n) is 3.05. The smallest absolute Gasteiger partial charge is 0.270 e. The summed E-state index contributed by atoms with van der Waals surface area (Å²) < 4.78 is 11.4. The molecule has 3 aromatic carbocycles. The topological polar surface area (TPSA) is 82.0 Å². The highest BCUT2D eigenvalue weighted by molar-refractivity contribution is 6.04. The predicted octanol–water partition coefficient (Wildman–Crippen LogP) is 4.50. The number of hydrogen-bond acceptors (Lipinski definition) is 5. The number of ketones is 1. The number of nitro groups is 1. The van der Waals surface area contributed by atoms with Crippen LogP contribution in [0.3, 0.4) is 0 Å². The van der Waals surface area contributed by atoms with E-state index in [-0.39, 0.29) is 29.7 Å². The van der Waals surface area contributed by atoms with Crippen molar-refractivity contribution >= 4 is 11.5 Å². The minimum absolute atomic E-state index is 0.160. The van der Waals surface area contributed by atoms with Crippen LogP contribution >= 0.6 is 0 Å². The van der Waals surface area contributed by atoms with Crippen LogP contribution in [0.25, 0.3) is 0 Å². The summed E-state index contributed by atoms with van der Waals surface area (Å²) >= 11 is 0. The molecule has 6 heteroatoms. The summed E-state index contributed by atoms with van der Waals surface area (Å²) in [7, 11) is 0. The van der Waals surface area contributed by atoms with Gasteiger partial charge in [0.05, 0.1) is 10.5 Å². The molecule has 0 N–H and O–H groups in total. The number of nitro benzene ring substituents is 1. The summed E-state index contributed by atoms with van der Waals surface area (Å²) in [6.07, 6.45) is -1.00. The lowest BCUT2D eigenvalue weighted by Gasteiger charge is -2.10. The molecule has 1 aliphatic heterocycles. The number of Topliss-reactive ketones (excluding diaryl/α,β-unsaturated/α-hetero) is 1. The van der Waals surface area contributed by atoms with E-state index in [1.807, 2.05) is 60.7 Å². The Hall–Kier alpha value is -3.51. The molecule has 1 heterocycles. The molecule has 1 aliphatic rings. The Balaban J connectivity index is 1.58. The van der Waals surface area contributed by atoms with Crippen LogP contribution in [-0.2, 0) is 11.3 Å². The average molecular weight is 375 g/mol. The van der Waals surface area contributed by atoms with Gasteiger partial charge in [-0.25, -0.2) is 0 Å². The van der Waals surface area contributed by atoms with Crippen LogP contribution in [0.5, 0.6) is 5.75 Å². The zero-order chi connectivity index (χ0) is 19.5. The van der Waals surface area contributed by atoms with E-state index in [1.165, 1.54) is 18.2 Å². The Labute approximate surface area is 161 Å². The van der Waals surface area contributed by atoms with Crippen molar-refractivity contribution in [2.24, 2.45) is 0 Å². The van der Waals surface area contributed by atoms with Crippen molar-refractivity contribution in [3.63, 3.8) is 0 Å². The number of ether oxygens (including phenoxy) is 2. The van der Waals surface area contributed by atoms with Crippen LogP contribution in [0.15, 0.2) is 78.9 Å². The van der Waals surface area contributed by atoms with Crippen molar-refractivity contribution in [1.29, 1.82) is 0 Å². The summed E-state index contributed by atoms with van der Waals surface area (Å²) in [4.78, 5) is 23.6. The second-order valence-electron chi connectivity index (χ2n) is 6.46. The number of carbonyl (C=O) groups is 1. The Morgan fingerprint density at radius 2 is 1.68 bits per heavy atom. The van der Waals surface area contributed by atoms with E-state index < -0.39 is 11.0 Å². The van der Waals surface area contributed by atoms with Crippen LogP contribution in [0, 0.1) is 10.1 Å². The molecule has 140 valence electrons. The lowest BCUT2D eigenvalue weighted by Crippen LogP contribution is -2.11. The monoisotopic (exact) mass is 375 g/mol. The average Bonchev–Trinajstić information content (AvgIpc) is 3.54. The Morgan fingerprint density at radius 3 is 2.36 bits per heavy atom. The fraction of sp³-hybridized carbons (Fsp3) is 0.136. The largest absolute Gasteiger partial charge is 0.488 e. The van der Waals surface area contributed by atoms with E-state index in [4.69, 9.17) is 9.47 Å².